The Balaban J connectivity index is 1.89. The molecule has 0 aromatic heterocycles. The van der Waals surface area contributed by atoms with Gasteiger partial charge in [-0.3, -0.25) is 0 Å². The molecule has 126 valence electrons. The molecule has 0 bridgehead atoms. The summed E-state index contributed by atoms with van der Waals surface area (Å²) >= 11 is 3.59. The molecule has 0 fully saturated rings. The summed E-state index contributed by atoms with van der Waals surface area (Å²) in [5.41, 5.74) is 3.00. The normalized spacial score (nSPS) is 11.0. The zero-order chi connectivity index (χ0) is 15.9. The van der Waals surface area contributed by atoms with Crippen LogP contribution in [0.1, 0.15) is 95.1 Å². The highest BCUT2D eigenvalue weighted by Gasteiger charge is 2.00. The fourth-order valence-corrected chi connectivity index (χ4v) is 3.64. The molecular weight excluding hydrogens is 332 g/mol. The lowest BCUT2D eigenvalue weighted by atomic mass is 10.0. The van der Waals surface area contributed by atoms with Crippen LogP contribution in [0.15, 0.2) is 24.3 Å². The third kappa shape index (κ3) is 9.66. The van der Waals surface area contributed by atoms with E-state index in [1.165, 1.54) is 94.6 Å². The Bertz CT molecular complexity index is 359. The molecule has 0 unspecified atom stereocenters. The van der Waals surface area contributed by atoms with Gasteiger partial charge < -0.3 is 0 Å². The second kappa shape index (κ2) is 14.3. The van der Waals surface area contributed by atoms with Crippen molar-refractivity contribution in [2.45, 2.75) is 95.7 Å². The lowest BCUT2D eigenvalue weighted by Gasteiger charge is -2.07. The number of halogens is 1. The van der Waals surface area contributed by atoms with Crippen LogP contribution in [0.5, 0.6) is 0 Å². The summed E-state index contributed by atoms with van der Waals surface area (Å²) in [5.74, 6) is 0. The number of hydrogen-bond acceptors (Lipinski definition) is 0. The molecule has 0 radical (unpaired) electrons. The summed E-state index contributed by atoms with van der Waals surface area (Å²) in [7, 11) is 0. The van der Waals surface area contributed by atoms with Crippen LogP contribution in [0.3, 0.4) is 0 Å². The standard InChI is InChI=1S/C21H35Br/c1-2-3-4-5-6-7-8-9-10-11-12-13-16-20-17-14-15-18-21(20)19-22/h14-15,17-18H,2-13,16,19H2,1H3. The van der Waals surface area contributed by atoms with Gasteiger partial charge in [0, 0.05) is 5.33 Å². The van der Waals surface area contributed by atoms with Crippen LogP contribution in [0.25, 0.3) is 0 Å². The van der Waals surface area contributed by atoms with Crippen molar-refractivity contribution in [1.82, 2.24) is 0 Å². The Kier molecular flexibility index (Phi) is 12.8. The Morgan fingerprint density at radius 3 is 1.59 bits per heavy atom. The van der Waals surface area contributed by atoms with Crippen LogP contribution >= 0.6 is 15.9 Å². The van der Waals surface area contributed by atoms with Gasteiger partial charge in [-0.1, -0.05) is 118 Å². The second-order valence-corrected chi connectivity index (χ2v) is 7.10. The highest BCUT2D eigenvalue weighted by atomic mass is 79.9. The third-order valence-electron chi connectivity index (χ3n) is 4.56. The molecule has 0 N–H and O–H groups in total. The van der Waals surface area contributed by atoms with E-state index in [-0.39, 0.29) is 0 Å². The van der Waals surface area contributed by atoms with Gasteiger partial charge in [0.05, 0.1) is 0 Å². The first kappa shape index (κ1) is 19.7. The Labute approximate surface area is 147 Å². The number of aryl methyl sites for hydroxylation is 1. The number of rotatable bonds is 14. The Hall–Kier alpha value is -0.300. The van der Waals surface area contributed by atoms with Crippen molar-refractivity contribution >= 4 is 15.9 Å². The van der Waals surface area contributed by atoms with Crippen LogP contribution in [0.2, 0.25) is 0 Å². The smallest absolute Gasteiger partial charge is 0.0285 e. The van der Waals surface area contributed by atoms with E-state index in [0.717, 1.165) is 5.33 Å². The molecule has 1 aromatic rings. The van der Waals surface area contributed by atoms with Gasteiger partial charge in [-0.25, -0.2) is 0 Å². The van der Waals surface area contributed by atoms with Crippen LogP contribution in [-0.2, 0) is 11.8 Å². The van der Waals surface area contributed by atoms with Crippen molar-refractivity contribution in [3.8, 4) is 0 Å². The zero-order valence-electron chi connectivity index (χ0n) is 14.6. The van der Waals surface area contributed by atoms with E-state index in [1.54, 1.807) is 0 Å². The Morgan fingerprint density at radius 2 is 1.09 bits per heavy atom. The van der Waals surface area contributed by atoms with E-state index in [0.29, 0.717) is 0 Å². The van der Waals surface area contributed by atoms with Gasteiger partial charge in [-0.2, -0.15) is 0 Å². The van der Waals surface area contributed by atoms with E-state index in [4.69, 9.17) is 0 Å². The lowest BCUT2D eigenvalue weighted by Crippen LogP contribution is -1.92. The summed E-state index contributed by atoms with van der Waals surface area (Å²) < 4.78 is 0. The van der Waals surface area contributed by atoms with Crippen molar-refractivity contribution in [3.05, 3.63) is 35.4 Å². The largest absolute Gasteiger partial charge is 0.0876 e. The summed E-state index contributed by atoms with van der Waals surface area (Å²) in [6, 6.07) is 8.84. The van der Waals surface area contributed by atoms with E-state index in [2.05, 4.69) is 47.1 Å². The monoisotopic (exact) mass is 366 g/mol. The van der Waals surface area contributed by atoms with Crippen LogP contribution < -0.4 is 0 Å². The molecule has 0 aliphatic heterocycles. The average Bonchev–Trinajstić information content (AvgIpc) is 2.56. The predicted octanol–water partition coefficient (Wildman–Crippen LogP) is 7.83. The van der Waals surface area contributed by atoms with Gasteiger partial charge in [0.15, 0.2) is 0 Å². The van der Waals surface area contributed by atoms with Crippen LogP contribution in [0.4, 0.5) is 0 Å². The van der Waals surface area contributed by atoms with E-state index in [9.17, 15) is 0 Å². The van der Waals surface area contributed by atoms with E-state index >= 15 is 0 Å². The van der Waals surface area contributed by atoms with Crippen LogP contribution in [-0.4, -0.2) is 0 Å². The maximum atomic E-state index is 3.59. The van der Waals surface area contributed by atoms with Gasteiger partial charge in [-0.05, 0) is 24.0 Å². The van der Waals surface area contributed by atoms with Gasteiger partial charge in [0.2, 0.25) is 0 Å². The number of hydrogen-bond donors (Lipinski definition) is 0. The molecule has 0 heterocycles. The van der Waals surface area contributed by atoms with Crippen LogP contribution in [0, 0.1) is 0 Å². The topological polar surface area (TPSA) is 0 Å². The Morgan fingerprint density at radius 1 is 0.636 bits per heavy atom. The van der Waals surface area contributed by atoms with Crippen molar-refractivity contribution in [3.63, 3.8) is 0 Å². The minimum Gasteiger partial charge on any atom is -0.0876 e. The average molecular weight is 367 g/mol. The summed E-state index contributed by atoms with van der Waals surface area (Å²) in [4.78, 5) is 0. The third-order valence-corrected chi connectivity index (χ3v) is 5.17. The molecule has 0 aliphatic carbocycles. The van der Waals surface area contributed by atoms with Gasteiger partial charge in [0.1, 0.15) is 0 Å². The second-order valence-electron chi connectivity index (χ2n) is 6.54. The molecule has 22 heavy (non-hydrogen) atoms. The van der Waals surface area contributed by atoms with Crippen molar-refractivity contribution < 1.29 is 0 Å². The quantitative estimate of drug-likeness (QED) is 0.232. The maximum Gasteiger partial charge on any atom is 0.0285 e. The van der Waals surface area contributed by atoms with Gasteiger partial charge in [0.25, 0.3) is 0 Å². The molecule has 0 spiro atoms. The van der Waals surface area contributed by atoms with Crippen molar-refractivity contribution in [2.24, 2.45) is 0 Å². The number of unbranched alkanes of at least 4 members (excludes halogenated alkanes) is 11. The number of benzene rings is 1. The molecule has 0 amide bonds. The minimum atomic E-state index is 0.988. The number of alkyl halides is 1. The van der Waals surface area contributed by atoms with Crippen molar-refractivity contribution in [1.29, 1.82) is 0 Å². The predicted molar refractivity (Wildman–Crippen MR) is 104 cm³/mol. The first-order valence-corrected chi connectivity index (χ1v) is 10.6. The summed E-state index contributed by atoms with van der Waals surface area (Å²) in [6.45, 7) is 2.29. The fourth-order valence-electron chi connectivity index (χ4n) is 3.09. The molecule has 0 aliphatic rings. The SMILES string of the molecule is CCCCCCCCCCCCCCc1ccccc1CBr. The highest BCUT2D eigenvalue weighted by Crippen LogP contribution is 2.17. The molecule has 1 heteroatoms. The van der Waals surface area contributed by atoms with E-state index < -0.39 is 0 Å². The fraction of sp³-hybridized carbons (Fsp3) is 0.714. The van der Waals surface area contributed by atoms with Crippen molar-refractivity contribution in [2.75, 3.05) is 0 Å². The molecule has 1 rings (SSSR count). The van der Waals surface area contributed by atoms with Gasteiger partial charge in [-0.15, -0.1) is 0 Å². The van der Waals surface area contributed by atoms with Gasteiger partial charge >= 0.3 is 0 Å². The first-order valence-electron chi connectivity index (χ1n) is 9.51. The first-order chi connectivity index (χ1) is 10.9. The molecule has 0 saturated heterocycles. The molecule has 1 aromatic carbocycles. The van der Waals surface area contributed by atoms with E-state index in [1.807, 2.05) is 0 Å². The summed E-state index contributed by atoms with van der Waals surface area (Å²) in [5, 5.41) is 0.988. The molecule has 0 atom stereocenters. The molecular formula is C21H35Br. The minimum absolute atomic E-state index is 0.988. The molecule has 0 nitrogen and oxygen atoms in total. The molecule has 0 saturated carbocycles. The lowest BCUT2D eigenvalue weighted by molar-refractivity contribution is 0.544. The maximum absolute atomic E-state index is 3.59. The summed E-state index contributed by atoms with van der Waals surface area (Å²) in [6.07, 6.45) is 18.4. The zero-order valence-corrected chi connectivity index (χ0v) is 16.2. The highest BCUT2D eigenvalue weighted by molar-refractivity contribution is 9.08.